The van der Waals surface area contributed by atoms with Gasteiger partial charge in [-0.1, -0.05) is 0 Å². The molecule has 1 rings (SSSR count). The summed E-state index contributed by atoms with van der Waals surface area (Å²) in [6.07, 6.45) is 2.50. The molecule has 0 aliphatic carbocycles. The summed E-state index contributed by atoms with van der Waals surface area (Å²) in [5, 5.41) is 4.82. The molecule has 96 valence electrons. The molecule has 0 aromatic rings. The van der Waals surface area contributed by atoms with Crippen molar-refractivity contribution in [2.24, 2.45) is 5.73 Å². The first kappa shape index (κ1) is 13.6. The van der Waals surface area contributed by atoms with Crippen LogP contribution in [0, 0.1) is 0 Å². The largest absolute Gasteiger partial charge is 0.344 e. The number of rotatable bonds is 5. The second kappa shape index (κ2) is 6.34. The summed E-state index contributed by atoms with van der Waals surface area (Å²) in [6, 6.07) is -0.492. The molecule has 6 heteroatoms. The van der Waals surface area contributed by atoms with Crippen molar-refractivity contribution in [3.63, 3.8) is 0 Å². The molecule has 1 aliphatic rings. The minimum Gasteiger partial charge on any atom is -0.344 e. The van der Waals surface area contributed by atoms with E-state index in [2.05, 4.69) is 10.6 Å². The highest BCUT2D eigenvalue weighted by molar-refractivity contribution is 6.01. The van der Waals surface area contributed by atoms with E-state index >= 15 is 0 Å². The van der Waals surface area contributed by atoms with E-state index in [9.17, 15) is 14.4 Å². The quantitative estimate of drug-likeness (QED) is 0.561. The molecular formula is C11H19N3O3. The molecule has 2 unspecified atom stereocenters. The lowest BCUT2D eigenvalue weighted by atomic mass is 10.1. The Morgan fingerprint density at radius 1 is 1.59 bits per heavy atom. The number of hydrogen-bond acceptors (Lipinski definition) is 4. The van der Waals surface area contributed by atoms with Gasteiger partial charge in [-0.05, 0) is 26.2 Å². The Labute approximate surface area is 100 Å². The number of nitrogens with one attached hydrogen (secondary N) is 2. The van der Waals surface area contributed by atoms with Crippen LogP contribution in [0.1, 0.15) is 39.0 Å². The highest BCUT2D eigenvalue weighted by Crippen LogP contribution is 2.05. The van der Waals surface area contributed by atoms with Crippen LogP contribution in [0.4, 0.5) is 0 Å². The Morgan fingerprint density at radius 2 is 2.29 bits per heavy atom. The Bertz CT molecular complexity index is 315. The molecule has 2 atom stereocenters. The number of carbonyl (C=O) groups excluding carboxylic acids is 3. The first-order valence-electron chi connectivity index (χ1n) is 5.87. The molecule has 3 amide bonds. The maximum Gasteiger partial charge on any atom is 0.249 e. The second-order valence-electron chi connectivity index (χ2n) is 4.44. The maximum absolute atomic E-state index is 11.5. The SMILES string of the molecule is CC(N)CCCC(=O)NC1CCC(=O)NC1=O. The van der Waals surface area contributed by atoms with Gasteiger partial charge in [-0.15, -0.1) is 0 Å². The van der Waals surface area contributed by atoms with Gasteiger partial charge in [0.25, 0.3) is 0 Å². The maximum atomic E-state index is 11.5. The third-order valence-corrected chi connectivity index (χ3v) is 2.64. The Balaban J connectivity index is 2.26. The number of hydrogen-bond donors (Lipinski definition) is 3. The van der Waals surface area contributed by atoms with E-state index in [0.717, 1.165) is 6.42 Å². The lowest BCUT2D eigenvalue weighted by molar-refractivity contribution is -0.137. The third-order valence-electron chi connectivity index (χ3n) is 2.64. The van der Waals surface area contributed by atoms with Crippen LogP contribution in [-0.2, 0) is 14.4 Å². The van der Waals surface area contributed by atoms with Crippen LogP contribution in [0.25, 0.3) is 0 Å². The number of nitrogens with two attached hydrogens (primary N) is 1. The van der Waals surface area contributed by atoms with Gasteiger partial charge in [0.15, 0.2) is 0 Å². The summed E-state index contributed by atoms with van der Waals surface area (Å²) in [6.45, 7) is 1.89. The zero-order chi connectivity index (χ0) is 12.8. The molecule has 0 saturated carbocycles. The molecule has 1 heterocycles. The molecule has 0 spiro atoms. The van der Waals surface area contributed by atoms with Crippen LogP contribution in [0.3, 0.4) is 0 Å². The summed E-state index contributed by atoms with van der Waals surface area (Å²) < 4.78 is 0. The Morgan fingerprint density at radius 3 is 2.88 bits per heavy atom. The van der Waals surface area contributed by atoms with Gasteiger partial charge < -0.3 is 11.1 Å². The molecule has 1 saturated heterocycles. The standard InChI is InChI=1S/C11H19N3O3/c1-7(12)3-2-4-9(15)13-8-5-6-10(16)14-11(8)17/h7-8H,2-6,12H2,1H3,(H,13,15)(H,14,16,17). The first-order valence-corrected chi connectivity index (χ1v) is 5.87. The van der Waals surface area contributed by atoms with Gasteiger partial charge in [-0.2, -0.15) is 0 Å². The summed E-state index contributed by atoms with van der Waals surface area (Å²) in [5.74, 6) is -0.862. The Hall–Kier alpha value is -1.43. The molecular weight excluding hydrogens is 222 g/mol. The van der Waals surface area contributed by atoms with Crippen LogP contribution in [0.15, 0.2) is 0 Å². The van der Waals surface area contributed by atoms with Gasteiger partial charge >= 0.3 is 0 Å². The van der Waals surface area contributed by atoms with Gasteiger partial charge in [0, 0.05) is 18.9 Å². The van der Waals surface area contributed by atoms with Crippen molar-refractivity contribution in [3.8, 4) is 0 Å². The molecule has 0 bridgehead atoms. The van der Waals surface area contributed by atoms with E-state index in [-0.39, 0.29) is 24.3 Å². The molecule has 0 aromatic heterocycles. The van der Waals surface area contributed by atoms with Crippen LogP contribution >= 0.6 is 0 Å². The molecule has 17 heavy (non-hydrogen) atoms. The van der Waals surface area contributed by atoms with E-state index in [1.165, 1.54) is 0 Å². The lowest BCUT2D eigenvalue weighted by Gasteiger charge is -2.21. The average molecular weight is 241 g/mol. The zero-order valence-corrected chi connectivity index (χ0v) is 9.99. The van der Waals surface area contributed by atoms with Crippen molar-refractivity contribution in [2.75, 3.05) is 0 Å². The van der Waals surface area contributed by atoms with Crippen molar-refractivity contribution in [3.05, 3.63) is 0 Å². The van der Waals surface area contributed by atoms with Gasteiger partial charge in [-0.25, -0.2) is 0 Å². The lowest BCUT2D eigenvalue weighted by Crippen LogP contribution is -2.52. The summed E-state index contributed by atoms with van der Waals surface area (Å²) in [5.41, 5.74) is 5.57. The van der Waals surface area contributed by atoms with Gasteiger partial charge in [0.2, 0.25) is 17.7 Å². The van der Waals surface area contributed by atoms with Crippen LogP contribution in [0.2, 0.25) is 0 Å². The molecule has 4 N–H and O–H groups in total. The van der Waals surface area contributed by atoms with Crippen molar-refractivity contribution in [1.82, 2.24) is 10.6 Å². The topological polar surface area (TPSA) is 101 Å². The van der Waals surface area contributed by atoms with Crippen molar-refractivity contribution >= 4 is 17.7 Å². The summed E-state index contributed by atoms with van der Waals surface area (Å²) >= 11 is 0. The van der Waals surface area contributed by atoms with Crippen molar-refractivity contribution < 1.29 is 14.4 Å². The predicted octanol–water partition coefficient (Wildman–Crippen LogP) is -0.575. The monoisotopic (exact) mass is 241 g/mol. The van der Waals surface area contributed by atoms with E-state index in [1.54, 1.807) is 0 Å². The van der Waals surface area contributed by atoms with E-state index in [0.29, 0.717) is 19.3 Å². The zero-order valence-electron chi connectivity index (χ0n) is 9.99. The van der Waals surface area contributed by atoms with Crippen molar-refractivity contribution in [2.45, 2.75) is 51.1 Å². The minimum atomic E-state index is -0.574. The second-order valence-corrected chi connectivity index (χ2v) is 4.44. The van der Waals surface area contributed by atoms with E-state index in [4.69, 9.17) is 5.73 Å². The van der Waals surface area contributed by atoms with Gasteiger partial charge in [0.1, 0.15) is 6.04 Å². The smallest absolute Gasteiger partial charge is 0.249 e. The fourth-order valence-corrected chi connectivity index (χ4v) is 1.68. The average Bonchev–Trinajstić information content (AvgIpc) is 2.21. The predicted molar refractivity (Wildman–Crippen MR) is 61.8 cm³/mol. The van der Waals surface area contributed by atoms with Gasteiger partial charge in [0.05, 0.1) is 0 Å². The van der Waals surface area contributed by atoms with Crippen LogP contribution < -0.4 is 16.4 Å². The fourth-order valence-electron chi connectivity index (χ4n) is 1.68. The van der Waals surface area contributed by atoms with Gasteiger partial charge in [-0.3, -0.25) is 19.7 Å². The van der Waals surface area contributed by atoms with Crippen LogP contribution in [-0.4, -0.2) is 29.8 Å². The first-order chi connectivity index (χ1) is 7.99. The van der Waals surface area contributed by atoms with Crippen molar-refractivity contribution in [1.29, 1.82) is 0 Å². The number of piperidine rings is 1. The number of imide groups is 1. The normalized spacial score (nSPS) is 21.9. The molecule has 1 aliphatic heterocycles. The third kappa shape index (κ3) is 4.95. The number of carbonyl (C=O) groups is 3. The van der Waals surface area contributed by atoms with Crippen LogP contribution in [0.5, 0.6) is 0 Å². The summed E-state index contributed by atoms with van der Waals surface area (Å²) in [4.78, 5) is 33.8. The molecule has 0 radical (unpaired) electrons. The molecule has 0 aromatic carbocycles. The summed E-state index contributed by atoms with van der Waals surface area (Å²) in [7, 11) is 0. The van der Waals surface area contributed by atoms with E-state index < -0.39 is 11.9 Å². The number of amides is 3. The Kier molecular flexibility index (Phi) is 5.09. The highest BCUT2D eigenvalue weighted by Gasteiger charge is 2.27. The minimum absolute atomic E-state index is 0.0819. The fraction of sp³-hybridized carbons (Fsp3) is 0.727. The molecule has 6 nitrogen and oxygen atoms in total. The molecule has 1 fully saturated rings. The highest BCUT2D eigenvalue weighted by atomic mass is 16.2. The van der Waals surface area contributed by atoms with E-state index in [1.807, 2.05) is 6.92 Å².